The van der Waals surface area contributed by atoms with Gasteiger partial charge < -0.3 is 14.5 Å². The summed E-state index contributed by atoms with van der Waals surface area (Å²) in [5.41, 5.74) is 3.31. The van der Waals surface area contributed by atoms with E-state index in [4.69, 9.17) is 21.1 Å². The van der Waals surface area contributed by atoms with Crippen molar-refractivity contribution in [1.82, 2.24) is 15.0 Å². The van der Waals surface area contributed by atoms with Crippen molar-refractivity contribution >= 4 is 22.8 Å². The van der Waals surface area contributed by atoms with Crippen LogP contribution in [0.5, 0.6) is 6.01 Å². The Balaban J connectivity index is 1.47. The second kappa shape index (κ2) is 5.19. The second-order valence-corrected chi connectivity index (χ2v) is 7.01. The molecule has 122 valence electrons. The average Bonchev–Trinajstić information content (AvgIpc) is 2.92. The molecule has 24 heavy (non-hydrogen) atoms. The molecule has 2 fully saturated rings. The third-order valence-corrected chi connectivity index (χ3v) is 5.36. The molecule has 1 saturated heterocycles. The molecule has 2 aliphatic rings. The number of pyridine rings is 1. The first-order valence-electron chi connectivity index (χ1n) is 8.10. The van der Waals surface area contributed by atoms with Gasteiger partial charge in [-0.25, -0.2) is 4.98 Å². The quantitative estimate of drug-likeness (QED) is 0.786. The van der Waals surface area contributed by atoms with Gasteiger partial charge in [0, 0.05) is 5.56 Å². The van der Waals surface area contributed by atoms with Gasteiger partial charge in [0.15, 0.2) is 5.65 Å². The zero-order valence-corrected chi connectivity index (χ0v) is 13.7. The number of nitrogens with zero attached hydrogens (tertiary/aromatic N) is 2. The third-order valence-electron chi connectivity index (χ3n) is 5.07. The van der Waals surface area contributed by atoms with Crippen LogP contribution in [-0.4, -0.2) is 34.3 Å². The van der Waals surface area contributed by atoms with Crippen LogP contribution in [-0.2, 0) is 4.74 Å². The average molecular weight is 342 g/mol. The molecule has 1 N–H and O–H groups in total. The Kier molecular flexibility index (Phi) is 3.08. The molecule has 0 radical (unpaired) electrons. The van der Waals surface area contributed by atoms with Crippen LogP contribution in [0.25, 0.3) is 22.4 Å². The Hall–Kier alpha value is -2.11. The highest BCUT2D eigenvalue weighted by atomic mass is 35.5. The number of hydrogen-bond acceptors (Lipinski definition) is 4. The van der Waals surface area contributed by atoms with Crippen molar-refractivity contribution in [1.29, 1.82) is 0 Å². The van der Waals surface area contributed by atoms with Gasteiger partial charge in [0.1, 0.15) is 6.10 Å². The van der Waals surface area contributed by atoms with Gasteiger partial charge in [0.2, 0.25) is 0 Å². The molecule has 1 unspecified atom stereocenters. The summed E-state index contributed by atoms with van der Waals surface area (Å²) in [6.07, 6.45) is 2.39. The predicted molar refractivity (Wildman–Crippen MR) is 91.2 cm³/mol. The van der Waals surface area contributed by atoms with Gasteiger partial charge in [-0.05, 0) is 18.9 Å². The molecule has 5 nitrogen and oxygen atoms in total. The van der Waals surface area contributed by atoms with E-state index < -0.39 is 0 Å². The molecule has 1 saturated carbocycles. The Morgan fingerprint density at radius 2 is 2.04 bits per heavy atom. The van der Waals surface area contributed by atoms with Crippen LogP contribution in [0, 0.1) is 5.41 Å². The molecule has 0 amide bonds. The molecule has 6 heteroatoms. The van der Waals surface area contributed by atoms with E-state index in [1.54, 1.807) is 0 Å². The Bertz CT molecular complexity index is 900. The zero-order chi connectivity index (χ0) is 16.1. The van der Waals surface area contributed by atoms with Crippen molar-refractivity contribution in [3.8, 4) is 17.3 Å². The minimum Gasteiger partial charge on any atom is -0.461 e. The number of H-pyrrole nitrogens is 1. The number of hydrogen-bond donors (Lipinski definition) is 1. The lowest BCUT2D eigenvalue weighted by molar-refractivity contribution is -0.214. The number of rotatable bonds is 3. The summed E-state index contributed by atoms with van der Waals surface area (Å²) in [6.45, 7) is 1.58. The van der Waals surface area contributed by atoms with Gasteiger partial charge in [0.25, 0.3) is 6.01 Å². The normalized spacial score (nSPS) is 21.5. The number of nitrogens with one attached hydrogen (secondary N) is 1. The summed E-state index contributed by atoms with van der Waals surface area (Å²) in [4.78, 5) is 12.3. The minimum atomic E-state index is 0.177. The molecular formula is C18H16ClN3O2. The number of imidazole rings is 1. The van der Waals surface area contributed by atoms with Crippen LogP contribution in [0.3, 0.4) is 0 Å². The van der Waals surface area contributed by atoms with E-state index in [0.29, 0.717) is 16.7 Å². The van der Waals surface area contributed by atoms with Crippen molar-refractivity contribution in [3.63, 3.8) is 0 Å². The third kappa shape index (κ3) is 2.12. The van der Waals surface area contributed by atoms with Crippen LogP contribution >= 0.6 is 11.6 Å². The summed E-state index contributed by atoms with van der Waals surface area (Å²) in [5, 5.41) is 0.594. The fourth-order valence-corrected chi connectivity index (χ4v) is 3.69. The monoisotopic (exact) mass is 341 g/mol. The van der Waals surface area contributed by atoms with Crippen LogP contribution in [0.1, 0.15) is 12.8 Å². The van der Waals surface area contributed by atoms with Crippen molar-refractivity contribution in [3.05, 3.63) is 41.4 Å². The molecule has 3 heterocycles. The fraction of sp³-hybridized carbons (Fsp3) is 0.333. The molecule has 1 atom stereocenters. The molecular weight excluding hydrogens is 326 g/mol. The first-order chi connectivity index (χ1) is 11.7. The first-order valence-corrected chi connectivity index (χ1v) is 8.47. The van der Waals surface area contributed by atoms with Crippen molar-refractivity contribution < 1.29 is 9.47 Å². The zero-order valence-electron chi connectivity index (χ0n) is 13.0. The van der Waals surface area contributed by atoms with Gasteiger partial charge >= 0.3 is 0 Å². The van der Waals surface area contributed by atoms with Gasteiger partial charge in [-0.2, -0.15) is 4.98 Å². The minimum absolute atomic E-state index is 0.177. The summed E-state index contributed by atoms with van der Waals surface area (Å²) in [7, 11) is 0. The molecule has 1 aliphatic heterocycles. The van der Waals surface area contributed by atoms with Gasteiger partial charge in [0.05, 0.1) is 34.9 Å². The first kappa shape index (κ1) is 14.3. The fourth-order valence-electron chi connectivity index (χ4n) is 3.43. The molecule has 0 bridgehead atoms. The Labute approximate surface area is 144 Å². The highest BCUT2D eigenvalue weighted by Crippen LogP contribution is 2.48. The van der Waals surface area contributed by atoms with Gasteiger partial charge in [-0.1, -0.05) is 41.9 Å². The molecule has 5 rings (SSSR count). The summed E-state index contributed by atoms with van der Waals surface area (Å²) < 4.78 is 11.4. The Morgan fingerprint density at radius 1 is 1.21 bits per heavy atom. The van der Waals surface area contributed by atoms with Crippen LogP contribution < -0.4 is 4.74 Å². The smallest absolute Gasteiger partial charge is 0.296 e. The largest absolute Gasteiger partial charge is 0.461 e. The molecule has 1 aromatic carbocycles. The molecule has 1 aliphatic carbocycles. The lowest BCUT2D eigenvalue weighted by Gasteiger charge is -2.53. The maximum absolute atomic E-state index is 6.40. The molecule has 2 aromatic heterocycles. The van der Waals surface area contributed by atoms with E-state index in [1.807, 2.05) is 36.4 Å². The summed E-state index contributed by atoms with van der Waals surface area (Å²) in [6, 6.07) is 12.2. The summed E-state index contributed by atoms with van der Waals surface area (Å²) in [5.74, 6) is 0. The van der Waals surface area contributed by atoms with E-state index in [1.165, 1.54) is 6.42 Å². The number of benzene rings is 1. The Morgan fingerprint density at radius 3 is 2.71 bits per heavy atom. The van der Waals surface area contributed by atoms with Crippen molar-refractivity contribution in [2.24, 2.45) is 5.41 Å². The summed E-state index contributed by atoms with van der Waals surface area (Å²) >= 11 is 6.40. The maximum Gasteiger partial charge on any atom is 0.296 e. The van der Waals surface area contributed by atoms with Crippen molar-refractivity contribution in [2.75, 3.05) is 13.2 Å². The lowest BCUT2D eigenvalue weighted by atomic mass is 9.64. The number of fused-ring (bicyclic) bond motifs is 1. The number of ether oxygens (including phenoxy) is 2. The molecule has 3 aromatic rings. The number of halogens is 1. The lowest BCUT2D eigenvalue weighted by Crippen LogP contribution is -2.60. The van der Waals surface area contributed by atoms with E-state index in [9.17, 15) is 0 Å². The maximum atomic E-state index is 6.40. The van der Waals surface area contributed by atoms with E-state index in [2.05, 4.69) is 15.0 Å². The molecule has 1 spiro atoms. The van der Waals surface area contributed by atoms with Crippen LogP contribution in [0.15, 0.2) is 36.4 Å². The van der Waals surface area contributed by atoms with Crippen LogP contribution in [0.2, 0.25) is 5.02 Å². The van der Waals surface area contributed by atoms with Crippen molar-refractivity contribution in [2.45, 2.75) is 18.9 Å². The SMILES string of the molecule is Clc1cc2[nH]c(OC3CCC34COC4)nc2nc1-c1ccccc1. The second-order valence-electron chi connectivity index (χ2n) is 6.60. The highest BCUT2D eigenvalue weighted by Gasteiger charge is 2.54. The topological polar surface area (TPSA) is 60.0 Å². The predicted octanol–water partition coefficient (Wildman–Crippen LogP) is 3.84. The number of aromatic nitrogens is 3. The van der Waals surface area contributed by atoms with Gasteiger partial charge in [-0.15, -0.1) is 0 Å². The highest BCUT2D eigenvalue weighted by molar-refractivity contribution is 6.33. The van der Waals surface area contributed by atoms with E-state index >= 15 is 0 Å². The number of aromatic amines is 1. The van der Waals surface area contributed by atoms with E-state index in [-0.39, 0.29) is 11.5 Å². The van der Waals surface area contributed by atoms with Crippen LogP contribution in [0.4, 0.5) is 0 Å². The standard InChI is InChI=1S/C18H16ClN3O2/c19-12-8-13-16(21-15(12)11-4-2-1-3-5-11)22-17(20-13)24-14-6-7-18(14)9-23-10-18/h1-5,8,14H,6-7,9-10H2,(H,20,21,22). The van der Waals surface area contributed by atoms with E-state index in [0.717, 1.165) is 36.4 Å². The van der Waals surface area contributed by atoms with Gasteiger partial charge in [-0.3, -0.25) is 0 Å².